The predicted octanol–water partition coefficient (Wildman–Crippen LogP) is 2.97. The summed E-state index contributed by atoms with van der Waals surface area (Å²) >= 11 is 3.10. The standard InChI is InChI=1S/C16H18N4O2S2/c21-15(19-17-11-13-5-3-9-23-13)7-1-2-8-16(22)20-18-12-14-6-4-10-24-14/h3-6,9-12H,1-2,7-8H2,(H,19,21)(H,20,22). The van der Waals surface area contributed by atoms with E-state index in [1.807, 2.05) is 35.0 Å². The van der Waals surface area contributed by atoms with E-state index in [4.69, 9.17) is 0 Å². The largest absolute Gasteiger partial charge is 0.273 e. The van der Waals surface area contributed by atoms with Gasteiger partial charge in [0.2, 0.25) is 11.8 Å². The topological polar surface area (TPSA) is 82.9 Å². The number of nitrogens with one attached hydrogen (secondary N) is 2. The number of hydrogen-bond acceptors (Lipinski definition) is 6. The van der Waals surface area contributed by atoms with Gasteiger partial charge in [0.25, 0.3) is 0 Å². The molecule has 2 heterocycles. The second kappa shape index (κ2) is 10.5. The number of hydrazone groups is 2. The van der Waals surface area contributed by atoms with Crippen molar-refractivity contribution < 1.29 is 9.59 Å². The zero-order chi connectivity index (χ0) is 17.0. The molecule has 2 aromatic heterocycles. The second-order valence-corrected chi connectivity index (χ2v) is 6.78. The van der Waals surface area contributed by atoms with E-state index in [1.165, 1.54) is 0 Å². The first-order valence-electron chi connectivity index (χ1n) is 7.45. The number of amides is 2. The molecular weight excluding hydrogens is 344 g/mol. The zero-order valence-corrected chi connectivity index (χ0v) is 14.6. The number of nitrogens with zero attached hydrogens (tertiary/aromatic N) is 2. The molecule has 0 unspecified atom stereocenters. The van der Waals surface area contributed by atoms with Gasteiger partial charge in [0, 0.05) is 22.6 Å². The highest BCUT2D eigenvalue weighted by molar-refractivity contribution is 7.12. The first-order chi connectivity index (χ1) is 11.7. The summed E-state index contributed by atoms with van der Waals surface area (Å²) in [6, 6.07) is 7.67. The van der Waals surface area contributed by atoms with Crippen LogP contribution >= 0.6 is 22.7 Å². The van der Waals surface area contributed by atoms with Crippen LogP contribution in [0.25, 0.3) is 0 Å². The van der Waals surface area contributed by atoms with E-state index >= 15 is 0 Å². The van der Waals surface area contributed by atoms with Gasteiger partial charge in [0.15, 0.2) is 0 Å². The monoisotopic (exact) mass is 362 g/mol. The van der Waals surface area contributed by atoms with Crippen LogP contribution in [0.1, 0.15) is 35.4 Å². The molecule has 0 fully saturated rings. The Morgan fingerprint density at radius 1 is 0.875 bits per heavy atom. The van der Waals surface area contributed by atoms with Gasteiger partial charge < -0.3 is 0 Å². The van der Waals surface area contributed by atoms with Crippen LogP contribution in [-0.4, -0.2) is 24.2 Å². The quantitative estimate of drug-likeness (QED) is 0.408. The average molecular weight is 362 g/mol. The maximum absolute atomic E-state index is 11.6. The van der Waals surface area contributed by atoms with Crippen LogP contribution in [-0.2, 0) is 9.59 Å². The van der Waals surface area contributed by atoms with E-state index in [2.05, 4.69) is 21.1 Å². The Kier molecular flexibility index (Phi) is 7.85. The van der Waals surface area contributed by atoms with Crippen molar-refractivity contribution in [2.45, 2.75) is 25.7 Å². The molecule has 0 aliphatic carbocycles. The molecule has 24 heavy (non-hydrogen) atoms. The van der Waals surface area contributed by atoms with Crippen LogP contribution in [0.2, 0.25) is 0 Å². The molecule has 2 amide bonds. The lowest BCUT2D eigenvalue weighted by Gasteiger charge is -2.00. The number of carbonyl (C=O) groups is 2. The molecule has 0 radical (unpaired) electrons. The van der Waals surface area contributed by atoms with Gasteiger partial charge in [0.05, 0.1) is 12.4 Å². The minimum absolute atomic E-state index is 0.154. The number of carbonyl (C=O) groups excluding carboxylic acids is 2. The molecule has 0 spiro atoms. The van der Waals surface area contributed by atoms with Crippen LogP contribution in [0, 0.1) is 0 Å². The minimum Gasteiger partial charge on any atom is -0.273 e. The van der Waals surface area contributed by atoms with Crippen LogP contribution in [0.3, 0.4) is 0 Å². The molecule has 0 aliphatic rings. The van der Waals surface area contributed by atoms with Crippen molar-refractivity contribution in [2.24, 2.45) is 10.2 Å². The van der Waals surface area contributed by atoms with Crippen molar-refractivity contribution in [3.63, 3.8) is 0 Å². The predicted molar refractivity (Wildman–Crippen MR) is 98.6 cm³/mol. The fourth-order valence-corrected chi connectivity index (χ4v) is 2.92. The highest BCUT2D eigenvalue weighted by Crippen LogP contribution is 2.05. The van der Waals surface area contributed by atoms with Crippen LogP contribution in [0.5, 0.6) is 0 Å². The van der Waals surface area contributed by atoms with Crippen LogP contribution < -0.4 is 10.9 Å². The van der Waals surface area contributed by atoms with E-state index in [9.17, 15) is 9.59 Å². The Bertz CT molecular complexity index is 619. The lowest BCUT2D eigenvalue weighted by Crippen LogP contribution is -2.18. The lowest BCUT2D eigenvalue weighted by molar-refractivity contribution is -0.123. The Labute approximate surface area is 148 Å². The highest BCUT2D eigenvalue weighted by Gasteiger charge is 2.03. The molecule has 0 saturated carbocycles. The summed E-state index contributed by atoms with van der Waals surface area (Å²) in [6.45, 7) is 0. The Hall–Kier alpha value is -2.32. The third-order valence-corrected chi connectivity index (χ3v) is 4.52. The summed E-state index contributed by atoms with van der Waals surface area (Å²) in [5.41, 5.74) is 4.95. The molecule has 6 nitrogen and oxygen atoms in total. The van der Waals surface area contributed by atoms with Crippen molar-refractivity contribution >= 4 is 46.9 Å². The summed E-state index contributed by atoms with van der Waals surface area (Å²) in [4.78, 5) is 25.1. The van der Waals surface area contributed by atoms with E-state index in [0.29, 0.717) is 25.7 Å². The number of rotatable bonds is 9. The smallest absolute Gasteiger partial charge is 0.240 e. The molecular formula is C16H18N4O2S2. The van der Waals surface area contributed by atoms with Gasteiger partial charge in [-0.15, -0.1) is 22.7 Å². The van der Waals surface area contributed by atoms with Gasteiger partial charge in [-0.25, -0.2) is 10.9 Å². The van der Waals surface area contributed by atoms with Gasteiger partial charge in [-0.2, -0.15) is 10.2 Å². The average Bonchev–Trinajstić information content (AvgIpc) is 3.25. The normalized spacial score (nSPS) is 11.2. The Morgan fingerprint density at radius 2 is 1.33 bits per heavy atom. The zero-order valence-electron chi connectivity index (χ0n) is 13.0. The first-order valence-corrected chi connectivity index (χ1v) is 9.21. The maximum atomic E-state index is 11.6. The lowest BCUT2D eigenvalue weighted by atomic mass is 10.2. The summed E-state index contributed by atoms with van der Waals surface area (Å²) in [6.07, 6.45) is 5.16. The molecule has 0 aromatic carbocycles. The number of thiophene rings is 2. The molecule has 2 rings (SSSR count). The van der Waals surface area contributed by atoms with Crippen LogP contribution in [0.4, 0.5) is 0 Å². The van der Waals surface area contributed by atoms with E-state index < -0.39 is 0 Å². The van der Waals surface area contributed by atoms with Crippen LogP contribution in [0.15, 0.2) is 45.2 Å². The van der Waals surface area contributed by atoms with E-state index in [-0.39, 0.29) is 11.8 Å². The molecule has 0 bridgehead atoms. The van der Waals surface area contributed by atoms with Gasteiger partial charge in [-0.3, -0.25) is 9.59 Å². The molecule has 8 heteroatoms. The van der Waals surface area contributed by atoms with Crippen molar-refractivity contribution in [2.75, 3.05) is 0 Å². The third kappa shape index (κ3) is 7.30. The summed E-state index contributed by atoms with van der Waals surface area (Å²) in [5.74, 6) is -0.308. The first kappa shape index (κ1) is 18.0. The highest BCUT2D eigenvalue weighted by atomic mass is 32.1. The number of hydrogen-bond donors (Lipinski definition) is 2. The third-order valence-electron chi connectivity index (χ3n) is 2.91. The summed E-state index contributed by atoms with van der Waals surface area (Å²) < 4.78 is 0. The molecule has 126 valence electrons. The van der Waals surface area contributed by atoms with E-state index in [0.717, 1.165) is 9.75 Å². The molecule has 2 aromatic rings. The van der Waals surface area contributed by atoms with Crippen molar-refractivity contribution in [1.82, 2.24) is 10.9 Å². The molecule has 0 saturated heterocycles. The SMILES string of the molecule is O=C(CCCCC(=O)NN=Cc1cccs1)NN=Cc1cccs1. The van der Waals surface area contributed by atoms with Crippen molar-refractivity contribution in [1.29, 1.82) is 0 Å². The molecule has 0 atom stereocenters. The van der Waals surface area contributed by atoms with Gasteiger partial charge in [-0.05, 0) is 35.7 Å². The van der Waals surface area contributed by atoms with Gasteiger partial charge in [0.1, 0.15) is 0 Å². The second-order valence-electron chi connectivity index (χ2n) is 4.82. The van der Waals surface area contributed by atoms with Gasteiger partial charge >= 0.3 is 0 Å². The summed E-state index contributed by atoms with van der Waals surface area (Å²) in [7, 11) is 0. The maximum Gasteiger partial charge on any atom is 0.240 e. The summed E-state index contributed by atoms with van der Waals surface area (Å²) in [5, 5.41) is 11.6. The van der Waals surface area contributed by atoms with Crippen molar-refractivity contribution in [3.05, 3.63) is 44.8 Å². The fraction of sp³-hybridized carbons (Fsp3) is 0.250. The molecule has 2 N–H and O–H groups in total. The fourth-order valence-electron chi connectivity index (χ4n) is 1.75. The van der Waals surface area contributed by atoms with Crippen molar-refractivity contribution in [3.8, 4) is 0 Å². The minimum atomic E-state index is -0.154. The Morgan fingerprint density at radius 3 is 1.71 bits per heavy atom. The van der Waals surface area contributed by atoms with Gasteiger partial charge in [-0.1, -0.05) is 12.1 Å². The number of unbranched alkanes of at least 4 members (excludes halogenated alkanes) is 1. The van der Waals surface area contributed by atoms with E-state index in [1.54, 1.807) is 35.1 Å². The molecule has 0 aliphatic heterocycles. The Balaban J connectivity index is 1.52.